The summed E-state index contributed by atoms with van der Waals surface area (Å²) >= 11 is 0. The standard InChI is InChI=1S/C48H63N3O12/c1-6-8-13-23-47(24-14-9-7-2)61-37-35-28-48(45(57)50(5)34(42(54)49-25-26-52)27-32-15-11-10-12-16-32)39(43(55)59-35)51(63-40(48)38(37)62-47)29-33-19-17-31(18-20-33)21-22-36(53)60-41-44(56)58-30-46(41,3)4/h10-12,15-22,34-35,37-41,52H,6-9,13-14,23-30H2,1-5H3,(H,49,54)/t34-,35-,37+,38+,39+,40-,41+,48+/m1/s1. The number of nitrogens with one attached hydrogen (secondary N) is 1. The minimum atomic E-state index is -1.52. The molecule has 2 amide bonds. The first-order valence-corrected chi connectivity index (χ1v) is 22.6. The molecule has 0 spiro atoms. The third-order valence-corrected chi connectivity index (χ3v) is 13.2. The van der Waals surface area contributed by atoms with Gasteiger partial charge in [0.05, 0.1) is 13.2 Å². The number of aliphatic hydroxyl groups excluding tert-OH is 1. The lowest BCUT2D eigenvalue weighted by molar-refractivity contribution is -0.225. The number of aliphatic hydroxyl groups is 1. The highest BCUT2D eigenvalue weighted by Crippen LogP contribution is 2.58. The van der Waals surface area contributed by atoms with Gasteiger partial charge in [0.15, 0.2) is 11.8 Å². The maximum atomic E-state index is 15.6. The number of cyclic esters (lactones) is 1. The Morgan fingerprint density at radius 1 is 0.937 bits per heavy atom. The van der Waals surface area contributed by atoms with Crippen LogP contribution < -0.4 is 5.32 Å². The van der Waals surface area contributed by atoms with E-state index >= 15 is 4.79 Å². The zero-order chi connectivity index (χ0) is 44.9. The Bertz CT molecular complexity index is 1980. The molecule has 4 saturated heterocycles. The van der Waals surface area contributed by atoms with Crippen LogP contribution >= 0.6 is 0 Å². The predicted octanol–water partition coefficient (Wildman–Crippen LogP) is 4.81. The number of esters is 3. The van der Waals surface area contributed by atoms with Gasteiger partial charge in [-0.05, 0) is 35.6 Å². The monoisotopic (exact) mass is 873 g/mol. The smallest absolute Gasteiger partial charge is 0.348 e. The number of rotatable bonds is 20. The van der Waals surface area contributed by atoms with Gasteiger partial charge < -0.3 is 39.0 Å². The Hall–Kier alpha value is -4.67. The first-order valence-electron chi connectivity index (χ1n) is 22.6. The van der Waals surface area contributed by atoms with Crippen LogP contribution in [0.25, 0.3) is 6.08 Å². The number of nitrogens with zero attached hydrogens (tertiary/aromatic N) is 2. The van der Waals surface area contributed by atoms with Crippen molar-refractivity contribution in [1.82, 2.24) is 15.3 Å². The molecule has 1 saturated carbocycles. The van der Waals surface area contributed by atoms with Crippen LogP contribution in [0.15, 0.2) is 60.7 Å². The van der Waals surface area contributed by atoms with Crippen LogP contribution in [0.4, 0.5) is 0 Å². The summed E-state index contributed by atoms with van der Waals surface area (Å²) in [5.74, 6) is -3.69. The fraction of sp³-hybridized carbons (Fsp3) is 0.604. The number of hydrogen-bond acceptors (Lipinski definition) is 13. The summed E-state index contributed by atoms with van der Waals surface area (Å²) in [7, 11) is 1.59. The van der Waals surface area contributed by atoms with Gasteiger partial charge in [0.2, 0.25) is 17.9 Å². The summed E-state index contributed by atoms with van der Waals surface area (Å²) in [6.45, 7) is 7.87. The van der Waals surface area contributed by atoms with E-state index < -0.39 is 88.9 Å². The molecule has 2 aromatic carbocycles. The fourth-order valence-corrected chi connectivity index (χ4v) is 9.86. The molecule has 63 heavy (non-hydrogen) atoms. The number of benzene rings is 2. The van der Waals surface area contributed by atoms with E-state index in [0.717, 1.165) is 49.7 Å². The Morgan fingerprint density at radius 3 is 2.25 bits per heavy atom. The number of amides is 2. The molecule has 1 aliphatic carbocycles. The van der Waals surface area contributed by atoms with E-state index in [-0.39, 0.29) is 39.1 Å². The van der Waals surface area contributed by atoms with Crippen molar-refractivity contribution in [3.63, 3.8) is 0 Å². The first kappa shape index (κ1) is 46.3. The Kier molecular flexibility index (Phi) is 14.4. The van der Waals surface area contributed by atoms with Crippen molar-refractivity contribution in [2.45, 2.75) is 147 Å². The van der Waals surface area contributed by atoms with E-state index in [4.69, 9.17) is 28.5 Å². The maximum Gasteiger partial charge on any atom is 0.348 e. The highest BCUT2D eigenvalue weighted by atomic mass is 16.8. The number of carbonyl (C=O) groups is 5. The molecule has 342 valence electrons. The molecule has 7 rings (SSSR count). The quantitative estimate of drug-likeness (QED) is 0.0802. The van der Waals surface area contributed by atoms with Crippen LogP contribution in [0.5, 0.6) is 0 Å². The number of ether oxygens (including phenoxy) is 5. The molecule has 0 aromatic heterocycles. The summed E-state index contributed by atoms with van der Waals surface area (Å²) < 4.78 is 30.7. The average molecular weight is 874 g/mol. The lowest BCUT2D eigenvalue weighted by Gasteiger charge is -2.50. The average Bonchev–Trinajstić information content (AvgIpc) is 3.91. The number of hydroxylamine groups is 2. The Labute approximate surface area is 369 Å². The van der Waals surface area contributed by atoms with Gasteiger partial charge >= 0.3 is 17.9 Å². The molecule has 15 nitrogen and oxygen atoms in total. The van der Waals surface area contributed by atoms with Gasteiger partial charge in [0.1, 0.15) is 42.5 Å². The van der Waals surface area contributed by atoms with Crippen molar-refractivity contribution in [1.29, 1.82) is 0 Å². The first-order chi connectivity index (χ1) is 30.3. The normalized spacial score (nSPS) is 28.3. The second kappa shape index (κ2) is 19.6. The van der Waals surface area contributed by atoms with Crippen LogP contribution in [-0.4, -0.2) is 120 Å². The molecule has 2 N–H and O–H groups in total. The van der Waals surface area contributed by atoms with Crippen LogP contribution in [0.1, 0.15) is 102 Å². The molecule has 0 radical (unpaired) electrons. The van der Waals surface area contributed by atoms with E-state index in [1.54, 1.807) is 39.1 Å². The summed E-state index contributed by atoms with van der Waals surface area (Å²) in [5, 5.41) is 13.9. The Morgan fingerprint density at radius 2 is 1.62 bits per heavy atom. The third kappa shape index (κ3) is 9.58. The van der Waals surface area contributed by atoms with Gasteiger partial charge in [-0.2, -0.15) is 5.06 Å². The molecule has 0 unspecified atom stereocenters. The van der Waals surface area contributed by atoms with Gasteiger partial charge in [-0.15, -0.1) is 0 Å². The fourth-order valence-electron chi connectivity index (χ4n) is 9.86. The zero-order valence-corrected chi connectivity index (χ0v) is 37.1. The van der Waals surface area contributed by atoms with Crippen molar-refractivity contribution in [3.05, 3.63) is 77.4 Å². The number of unbranched alkanes of at least 4 members (excludes halogenated alkanes) is 4. The number of fused-ring (bicyclic) bond motifs is 4. The minimum Gasteiger partial charge on any atom is -0.462 e. The predicted molar refractivity (Wildman–Crippen MR) is 229 cm³/mol. The molecule has 4 heterocycles. The summed E-state index contributed by atoms with van der Waals surface area (Å²) in [6.07, 6.45) is 6.01. The molecule has 5 aliphatic rings. The third-order valence-electron chi connectivity index (χ3n) is 13.2. The van der Waals surface area contributed by atoms with Gasteiger partial charge in [0.25, 0.3) is 0 Å². The van der Waals surface area contributed by atoms with Crippen LogP contribution in [0.3, 0.4) is 0 Å². The second-order valence-electron chi connectivity index (χ2n) is 18.3. The molecule has 8 atom stereocenters. The minimum absolute atomic E-state index is 0.00876. The number of carbonyl (C=O) groups excluding carboxylic acids is 5. The van der Waals surface area contributed by atoms with Crippen molar-refractivity contribution in [2.75, 3.05) is 26.8 Å². The van der Waals surface area contributed by atoms with Gasteiger partial charge in [-0.3, -0.25) is 19.2 Å². The van der Waals surface area contributed by atoms with Crippen molar-refractivity contribution < 1.29 is 57.6 Å². The van der Waals surface area contributed by atoms with Crippen LogP contribution in [-0.2, 0) is 65.5 Å². The van der Waals surface area contributed by atoms with Gasteiger partial charge in [-0.1, -0.05) is 108 Å². The molecule has 2 aromatic rings. The highest BCUT2D eigenvalue weighted by molar-refractivity contribution is 5.96. The molecular weight excluding hydrogens is 811 g/mol. The van der Waals surface area contributed by atoms with Gasteiger partial charge in [-0.25, -0.2) is 9.59 Å². The zero-order valence-electron chi connectivity index (χ0n) is 37.1. The van der Waals surface area contributed by atoms with E-state index in [1.807, 2.05) is 42.5 Å². The van der Waals surface area contributed by atoms with E-state index in [9.17, 15) is 24.3 Å². The molecule has 2 bridgehead atoms. The van der Waals surface area contributed by atoms with E-state index in [2.05, 4.69) is 19.2 Å². The SMILES string of the molecule is CCCCCC1(CCCCC)O[C@@H]2[C@H](O1)[C@H]1ON(Cc3ccc(C=CC(=O)O[C@H]4C(=O)OCC4(C)C)cc3)[C@H]3C(=O)O[C@@H]2C[C@@]13C(=O)N(C)[C@H](Cc1ccccc1)C(=O)NCCO. The largest absolute Gasteiger partial charge is 0.462 e. The second-order valence-corrected chi connectivity index (χ2v) is 18.3. The molecular formula is C48H63N3O12. The molecule has 5 fully saturated rings. The maximum absolute atomic E-state index is 15.6. The Balaban J connectivity index is 1.19. The summed E-state index contributed by atoms with van der Waals surface area (Å²) in [6, 6.07) is 14.5. The van der Waals surface area contributed by atoms with Crippen molar-refractivity contribution in [2.24, 2.45) is 10.8 Å². The lowest BCUT2D eigenvalue weighted by Crippen LogP contribution is -2.70. The van der Waals surface area contributed by atoms with E-state index in [1.165, 1.54) is 16.0 Å². The molecule has 15 heteroatoms. The van der Waals surface area contributed by atoms with Crippen LogP contribution in [0.2, 0.25) is 0 Å². The molecule has 4 aliphatic heterocycles. The van der Waals surface area contributed by atoms with Gasteiger partial charge in [0, 0.05) is 50.8 Å². The topological polar surface area (TPSA) is 179 Å². The lowest BCUT2D eigenvalue weighted by atomic mass is 9.62. The number of hydrogen-bond donors (Lipinski definition) is 2. The summed E-state index contributed by atoms with van der Waals surface area (Å²) in [4.78, 5) is 77.0. The van der Waals surface area contributed by atoms with E-state index in [0.29, 0.717) is 18.4 Å². The van der Waals surface area contributed by atoms with Crippen LogP contribution in [0, 0.1) is 10.8 Å². The summed E-state index contributed by atoms with van der Waals surface area (Å²) in [5.41, 5.74) is 0.105. The number of likely N-dealkylation sites (N-methyl/N-ethyl adjacent to an activating group) is 1. The van der Waals surface area contributed by atoms with Crippen molar-refractivity contribution >= 4 is 35.8 Å². The highest BCUT2D eigenvalue weighted by Gasteiger charge is 2.76. The van der Waals surface area contributed by atoms with Crippen molar-refractivity contribution in [3.8, 4) is 0 Å².